The van der Waals surface area contributed by atoms with Crippen LogP contribution >= 0.6 is 0 Å². The van der Waals surface area contributed by atoms with Crippen molar-refractivity contribution in [1.82, 2.24) is 9.97 Å². The van der Waals surface area contributed by atoms with E-state index in [1.54, 1.807) is 0 Å². The highest BCUT2D eigenvalue weighted by molar-refractivity contribution is 5.46. The van der Waals surface area contributed by atoms with Crippen molar-refractivity contribution >= 4 is 5.82 Å². The first kappa shape index (κ1) is 13.8. The molecule has 102 valence electrons. The Hall–Kier alpha value is -2.61. The second kappa shape index (κ2) is 6.02. The number of hydrogen-bond acceptors (Lipinski definition) is 5. The van der Waals surface area contributed by atoms with Gasteiger partial charge in [0.2, 0.25) is 0 Å². The van der Waals surface area contributed by atoms with Gasteiger partial charge in [-0.15, -0.1) is 0 Å². The minimum atomic E-state index is 0.212. The van der Waals surface area contributed by atoms with Gasteiger partial charge in [0.05, 0.1) is 12.8 Å². The van der Waals surface area contributed by atoms with Crippen LogP contribution in [0.25, 0.3) is 0 Å². The van der Waals surface area contributed by atoms with Crippen LogP contribution in [-0.4, -0.2) is 16.6 Å². The zero-order chi connectivity index (χ0) is 14.5. The van der Waals surface area contributed by atoms with Crippen LogP contribution in [0.2, 0.25) is 0 Å². The van der Waals surface area contributed by atoms with E-state index in [1.807, 2.05) is 32.0 Å². The molecule has 1 aromatic heterocycles. The van der Waals surface area contributed by atoms with Crippen LogP contribution in [0.15, 0.2) is 24.4 Å². The average Bonchev–Trinajstić information content (AvgIpc) is 2.41. The molecule has 2 rings (SSSR count). The molecule has 2 N–H and O–H groups in total. The fourth-order valence-electron chi connectivity index (χ4n) is 1.85. The number of nitrogen functional groups attached to an aromatic ring is 1. The molecule has 0 fully saturated rings. The van der Waals surface area contributed by atoms with Crippen LogP contribution in [0.3, 0.4) is 0 Å². The summed E-state index contributed by atoms with van der Waals surface area (Å²) in [5.41, 5.74) is 8.25. The molecule has 0 bridgehead atoms. The lowest BCUT2D eigenvalue weighted by Crippen LogP contribution is -2.08. The molecule has 0 unspecified atom stereocenters. The van der Waals surface area contributed by atoms with Crippen LogP contribution in [0, 0.1) is 25.2 Å². The largest absolute Gasteiger partial charge is 0.493 e. The molecule has 0 aliphatic heterocycles. The Balaban J connectivity index is 1.96. The van der Waals surface area contributed by atoms with Crippen molar-refractivity contribution in [2.75, 3.05) is 12.3 Å². The molecule has 0 saturated heterocycles. The molecule has 1 heterocycles. The van der Waals surface area contributed by atoms with Crippen LogP contribution in [0.1, 0.15) is 22.5 Å². The Kier molecular flexibility index (Phi) is 4.16. The number of ether oxygens (including phenoxy) is 1. The van der Waals surface area contributed by atoms with Gasteiger partial charge in [0, 0.05) is 6.42 Å². The fraction of sp³-hybridized carbons (Fsp3) is 0.267. The standard InChI is InChI=1S/C15H16N4O/c1-10-3-4-13(11(2)7-10)20-6-5-14-18-9-12(8-16)15(17)19-14/h3-4,7,9H,5-6H2,1-2H3,(H2,17,18,19). The third-order valence-electron chi connectivity index (χ3n) is 2.90. The molecular weight excluding hydrogens is 252 g/mol. The lowest BCUT2D eigenvalue weighted by Gasteiger charge is -2.09. The fourth-order valence-corrected chi connectivity index (χ4v) is 1.85. The lowest BCUT2D eigenvalue weighted by atomic mass is 10.1. The highest BCUT2D eigenvalue weighted by Gasteiger charge is 2.05. The number of benzene rings is 1. The van der Waals surface area contributed by atoms with Gasteiger partial charge in [0.25, 0.3) is 0 Å². The van der Waals surface area contributed by atoms with Crippen LogP contribution in [0.5, 0.6) is 5.75 Å². The van der Waals surface area contributed by atoms with Crippen LogP contribution < -0.4 is 10.5 Å². The van der Waals surface area contributed by atoms with E-state index < -0.39 is 0 Å². The molecule has 0 radical (unpaired) electrons. The van der Waals surface area contributed by atoms with Crippen molar-refractivity contribution in [3.8, 4) is 11.8 Å². The normalized spacial score (nSPS) is 10.1. The Bertz CT molecular complexity index is 661. The van der Waals surface area contributed by atoms with Gasteiger partial charge >= 0.3 is 0 Å². The Labute approximate surface area is 118 Å². The predicted octanol–water partition coefficient (Wildman–Crippen LogP) is 2.17. The van der Waals surface area contributed by atoms with E-state index in [1.165, 1.54) is 11.8 Å². The maximum Gasteiger partial charge on any atom is 0.145 e. The molecule has 0 aliphatic rings. The molecule has 1 aromatic carbocycles. The van der Waals surface area contributed by atoms with E-state index in [0.717, 1.165) is 11.3 Å². The van der Waals surface area contributed by atoms with Gasteiger partial charge in [-0.1, -0.05) is 17.7 Å². The number of hydrogen-bond donors (Lipinski definition) is 1. The van der Waals surface area contributed by atoms with Crippen molar-refractivity contribution < 1.29 is 4.74 Å². The summed E-state index contributed by atoms with van der Waals surface area (Å²) in [5.74, 6) is 1.65. The summed E-state index contributed by atoms with van der Waals surface area (Å²) in [5, 5.41) is 8.75. The van der Waals surface area contributed by atoms with Gasteiger partial charge in [-0.25, -0.2) is 9.97 Å². The first-order valence-corrected chi connectivity index (χ1v) is 6.31. The van der Waals surface area contributed by atoms with E-state index in [9.17, 15) is 0 Å². The number of aromatic nitrogens is 2. The summed E-state index contributed by atoms with van der Waals surface area (Å²) in [6.07, 6.45) is 1.98. The average molecular weight is 268 g/mol. The molecule has 20 heavy (non-hydrogen) atoms. The van der Waals surface area contributed by atoms with Crippen molar-refractivity contribution in [3.63, 3.8) is 0 Å². The third kappa shape index (κ3) is 3.23. The second-order valence-corrected chi connectivity index (χ2v) is 4.56. The van der Waals surface area contributed by atoms with Crippen molar-refractivity contribution in [2.45, 2.75) is 20.3 Å². The molecule has 0 atom stereocenters. The molecule has 2 aromatic rings. The highest BCUT2D eigenvalue weighted by atomic mass is 16.5. The number of aryl methyl sites for hydroxylation is 2. The van der Waals surface area contributed by atoms with Crippen molar-refractivity contribution in [3.05, 3.63) is 46.9 Å². The van der Waals surface area contributed by atoms with Gasteiger partial charge in [-0.05, 0) is 25.5 Å². The first-order valence-electron chi connectivity index (χ1n) is 6.31. The summed E-state index contributed by atoms with van der Waals surface area (Å²) in [4.78, 5) is 8.16. The predicted molar refractivity (Wildman–Crippen MR) is 76.3 cm³/mol. The third-order valence-corrected chi connectivity index (χ3v) is 2.90. The summed E-state index contributed by atoms with van der Waals surface area (Å²) >= 11 is 0. The number of rotatable bonds is 4. The monoisotopic (exact) mass is 268 g/mol. The number of nitrogens with two attached hydrogens (primary N) is 1. The minimum absolute atomic E-state index is 0.212. The van der Waals surface area contributed by atoms with Gasteiger partial charge in [-0.3, -0.25) is 0 Å². The smallest absolute Gasteiger partial charge is 0.145 e. The second-order valence-electron chi connectivity index (χ2n) is 4.56. The summed E-state index contributed by atoms with van der Waals surface area (Å²) in [6, 6.07) is 7.98. The molecule has 5 nitrogen and oxygen atoms in total. The number of anilines is 1. The summed E-state index contributed by atoms with van der Waals surface area (Å²) < 4.78 is 5.71. The Morgan fingerprint density at radius 3 is 2.80 bits per heavy atom. The molecule has 0 spiro atoms. The van der Waals surface area contributed by atoms with Crippen molar-refractivity contribution in [1.29, 1.82) is 5.26 Å². The molecule has 0 saturated carbocycles. The number of nitriles is 1. The summed E-state index contributed by atoms with van der Waals surface area (Å²) in [6.45, 7) is 4.53. The topological polar surface area (TPSA) is 84.8 Å². The van der Waals surface area contributed by atoms with Gasteiger partial charge < -0.3 is 10.5 Å². The maximum absolute atomic E-state index is 8.75. The van der Waals surface area contributed by atoms with Crippen LogP contribution in [0.4, 0.5) is 5.82 Å². The first-order chi connectivity index (χ1) is 9.60. The maximum atomic E-state index is 8.75. The SMILES string of the molecule is Cc1ccc(OCCc2ncc(C#N)c(N)n2)c(C)c1. The quantitative estimate of drug-likeness (QED) is 0.918. The van der Waals surface area contributed by atoms with E-state index in [0.29, 0.717) is 24.4 Å². The zero-order valence-corrected chi connectivity index (χ0v) is 11.6. The van der Waals surface area contributed by atoms with Gasteiger partial charge in [0.15, 0.2) is 0 Å². The minimum Gasteiger partial charge on any atom is -0.493 e. The Morgan fingerprint density at radius 1 is 1.35 bits per heavy atom. The van der Waals surface area contributed by atoms with E-state index >= 15 is 0 Å². The molecule has 0 amide bonds. The van der Waals surface area contributed by atoms with E-state index in [4.69, 9.17) is 15.7 Å². The number of nitrogens with zero attached hydrogens (tertiary/aromatic N) is 3. The molecular formula is C15H16N4O. The van der Waals surface area contributed by atoms with E-state index in [-0.39, 0.29) is 5.82 Å². The molecule has 0 aliphatic carbocycles. The lowest BCUT2D eigenvalue weighted by molar-refractivity contribution is 0.316. The van der Waals surface area contributed by atoms with Gasteiger partial charge in [-0.2, -0.15) is 5.26 Å². The van der Waals surface area contributed by atoms with E-state index in [2.05, 4.69) is 16.0 Å². The Morgan fingerprint density at radius 2 is 2.15 bits per heavy atom. The highest BCUT2D eigenvalue weighted by Crippen LogP contribution is 2.18. The van der Waals surface area contributed by atoms with Gasteiger partial charge in [0.1, 0.15) is 29.0 Å². The van der Waals surface area contributed by atoms with Crippen LogP contribution in [-0.2, 0) is 6.42 Å². The van der Waals surface area contributed by atoms with Crippen molar-refractivity contribution in [2.24, 2.45) is 0 Å². The zero-order valence-electron chi connectivity index (χ0n) is 11.6. The molecule has 5 heteroatoms. The summed E-state index contributed by atoms with van der Waals surface area (Å²) in [7, 11) is 0.